The first kappa shape index (κ1) is 16.1. The van der Waals surface area contributed by atoms with Crippen LogP contribution in [0.1, 0.15) is 43.0 Å². The molecule has 2 aromatic rings. The molecule has 2 aromatic carbocycles. The number of hydrogen-bond acceptors (Lipinski definition) is 3. The summed E-state index contributed by atoms with van der Waals surface area (Å²) in [6.45, 7) is 5.76. The smallest absolute Gasteiger partial charge is 0.224 e. The average Bonchev–Trinajstić information content (AvgIpc) is 2.56. The lowest BCUT2D eigenvalue weighted by atomic mass is 9.89. The van der Waals surface area contributed by atoms with E-state index in [0.29, 0.717) is 5.56 Å². The molecule has 4 heteroatoms. The third-order valence-electron chi connectivity index (χ3n) is 4.60. The Morgan fingerprint density at radius 2 is 1.96 bits per heavy atom. The molecule has 0 spiro atoms. The maximum absolute atomic E-state index is 12.1. The predicted molar refractivity (Wildman–Crippen MR) is 95.9 cm³/mol. The summed E-state index contributed by atoms with van der Waals surface area (Å²) in [4.78, 5) is 14.0. The third kappa shape index (κ3) is 2.85. The number of carbonyl (C=O) groups is 1. The molecule has 3 rings (SSSR count). The molecule has 122 valence electrons. The topological polar surface area (TPSA) is 56.1 Å². The van der Waals surface area contributed by atoms with Crippen LogP contribution in [0.15, 0.2) is 42.5 Å². The zero-order valence-electron chi connectivity index (χ0n) is 14.2. The lowest BCUT2D eigenvalue weighted by molar-refractivity contribution is -0.117. The number of nitrogens with zero attached hydrogens (tertiary/aromatic N) is 2. The Kier molecular flexibility index (Phi) is 4.26. The zero-order chi connectivity index (χ0) is 17.3. The monoisotopic (exact) mass is 319 g/mol. The number of benzene rings is 2. The number of aryl methyl sites for hydroxylation is 1. The lowest BCUT2D eigenvalue weighted by Gasteiger charge is -2.40. The van der Waals surface area contributed by atoms with Gasteiger partial charge in [0, 0.05) is 18.7 Å². The highest BCUT2D eigenvalue weighted by Crippen LogP contribution is 2.40. The minimum absolute atomic E-state index is 0.0786. The molecular weight excluding hydrogens is 298 g/mol. The van der Waals surface area contributed by atoms with Crippen LogP contribution in [0.4, 0.5) is 11.4 Å². The Hall–Kier alpha value is -2.80. The van der Waals surface area contributed by atoms with Crippen LogP contribution in [-0.4, -0.2) is 11.9 Å². The highest BCUT2D eigenvalue weighted by Gasteiger charge is 2.33. The molecule has 24 heavy (non-hydrogen) atoms. The van der Waals surface area contributed by atoms with Gasteiger partial charge in [-0.15, -0.1) is 0 Å². The van der Waals surface area contributed by atoms with Gasteiger partial charge < -0.3 is 10.2 Å². The van der Waals surface area contributed by atoms with Crippen LogP contribution < -0.4 is 10.2 Å². The first-order chi connectivity index (χ1) is 11.5. The fourth-order valence-corrected chi connectivity index (χ4v) is 3.53. The summed E-state index contributed by atoms with van der Waals surface area (Å²) < 4.78 is 0. The minimum Gasteiger partial charge on any atom is -0.378 e. The summed E-state index contributed by atoms with van der Waals surface area (Å²) >= 11 is 0. The summed E-state index contributed by atoms with van der Waals surface area (Å²) in [5.74, 6) is 0.0786. The number of carbonyl (C=O) groups excluding carboxylic acids is 1. The molecule has 0 saturated carbocycles. The maximum atomic E-state index is 12.1. The normalized spacial score (nSPS) is 19.3. The van der Waals surface area contributed by atoms with E-state index < -0.39 is 0 Å². The van der Waals surface area contributed by atoms with Crippen molar-refractivity contribution in [1.29, 1.82) is 5.26 Å². The van der Waals surface area contributed by atoms with E-state index in [4.69, 9.17) is 5.26 Å². The number of nitrogens with one attached hydrogen (secondary N) is 1. The van der Waals surface area contributed by atoms with Gasteiger partial charge in [0.15, 0.2) is 0 Å². The van der Waals surface area contributed by atoms with Crippen molar-refractivity contribution in [3.05, 3.63) is 59.2 Å². The molecular formula is C20H21N3O. The van der Waals surface area contributed by atoms with Gasteiger partial charge in [-0.05, 0) is 55.7 Å². The van der Waals surface area contributed by atoms with E-state index in [1.807, 2.05) is 48.2 Å². The largest absolute Gasteiger partial charge is 0.378 e. The Bertz CT molecular complexity index is 805. The molecule has 1 N–H and O–H groups in total. The quantitative estimate of drug-likeness (QED) is 0.904. The van der Waals surface area contributed by atoms with E-state index >= 15 is 0 Å². The van der Waals surface area contributed by atoms with Gasteiger partial charge in [-0.25, -0.2) is 0 Å². The van der Waals surface area contributed by atoms with Gasteiger partial charge in [-0.3, -0.25) is 4.79 Å². The second kappa shape index (κ2) is 6.37. The minimum atomic E-state index is 0.0786. The first-order valence-corrected chi connectivity index (χ1v) is 8.17. The van der Waals surface area contributed by atoms with Crippen LogP contribution in [0.25, 0.3) is 0 Å². The molecule has 2 atom stereocenters. The van der Waals surface area contributed by atoms with E-state index in [9.17, 15) is 4.79 Å². The van der Waals surface area contributed by atoms with Gasteiger partial charge >= 0.3 is 0 Å². The van der Waals surface area contributed by atoms with E-state index in [2.05, 4.69) is 24.4 Å². The summed E-state index contributed by atoms with van der Waals surface area (Å²) in [5.41, 5.74) is 4.91. The number of amides is 1. The van der Waals surface area contributed by atoms with E-state index in [1.165, 1.54) is 0 Å². The molecule has 0 fully saturated rings. The molecule has 4 nitrogen and oxygen atoms in total. The van der Waals surface area contributed by atoms with Gasteiger partial charge in [0.25, 0.3) is 0 Å². The summed E-state index contributed by atoms with van der Waals surface area (Å²) in [6.07, 6.45) is 0.843. The number of anilines is 2. The lowest BCUT2D eigenvalue weighted by Crippen LogP contribution is -2.43. The molecule has 0 radical (unpaired) electrons. The van der Waals surface area contributed by atoms with Crippen molar-refractivity contribution in [1.82, 2.24) is 0 Å². The average molecular weight is 319 g/mol. The molecule has 1 heterocycles. The summed E-state index contributed by atoms with van der Waals surface area (Å²) in [7, 11) is 0. The van der Waals surface area contributed by atoms with E-state index in [-0.39, 0.29) is 18.0 Å². The first-order valence-electron chi connectivity index (χ1n) is 8.17. The van der Waals surface area contributed by atoms with Gasteiger partial charge in [0.1, 0.15) is 0 Å². The van der Waals surface area contributed by atoms with Gasteiger partial charge in [0.05, 0.1) is 23.4 Å². The SMILES string of the molecule is CC(=O)N1c2c(C)cccc2C(Nc2ccc(C#N)cc2)CC1C. The number of para-hydroxylation sites is 1. The van der Waals surface area contributed by atoms with Crippen molar-refractivity contribution < 1.29 is 4.79 Å². The third-order valence-corrected chi connectivity index (χ3v) is 4.60. The molecule has 2 unspecified atom stereocenters. The molecule has 0 saturated heterocycles. The van der Waals surface area contributed by atoms with E-state index in [1.54, 1.807) is 6.92 Å². The van der Waals surface area contributed by atoms with Crippen molar-refractivity contribution in [2.45, 2.75) is 39.3 Å². The van der Waals surface area contributed by atoms with Crippen molar-refractivity contribution in [3.63, 3.8) is 0 Å². The summed E-state index contributed by atoms with van der Waals surface area (Å²) in [6, 6.07) is 16.1. The van der Waals surface area contributed by atoms with E-state index in [0.717, 1.165) is 28.9 Å². The van der Waals surface area contributed by atoms with Crippen molar-refractivity contribution in [2.75, 3.05) is 10.2 Å². The molecule has 1 amide bonds. The van der Waals surface area contributed by atoms with Crippen LogP contribution in [0.5, 0.6) is 0 Å². The van der Waals surface area contributed by atoms with Crippen LogP contribution in [0, 0.1) is 18.3 Å². The van der Waals surface area contributed by atoms with Crippen molar-refractivity contribution in [2.24, 2.45) is 0 Å². The van der Waals surface area contributed by atoms with Gasteiger partial charge in [0.2, 0.25) is 5.91 Å². The number of fused-ring (bicyclic) bond motifs is 1. The van der Waals surface area contributed by atoms with Crippen LogP contribution in [-0.2, 0) is 4.79 Å². The highest BCUT2D eigenvalue weighted by molar-refractivity contribution is 5.94. The van der Waals surface area contributed by atoms with Crippen LogP contribution >= 0.6 is 0 Å². The molecule has 0 bridgehead atoms. The van der Waals surface area contributed by atoms with Gasteiger partial charge in [-0.2, -0.15) is 5.26 Å². The molecule has 0 aromatic heterocycles. The second-order valence-electron chi connectivity index (χ2n) is 6.37. The Balaban J connectivity index is 1.97. The fourth-order valence-electron chi connectivity index (χ4n) is 3.53. The molecule has 0 aliphatic carbocycles. The standard InChI is InChI=1S/C20H21N3O/c1-13-5-4-6-18-19(11-14(2)23(15(3)24)20(13)18)22-17-9-7-16(12-21)8-10-17/h4-10,14,19,22H,11H2,1-3H3. The predicted octanol–water partition coefficient (Wildman–Crippen LogP) is 4.17. The maximum Gasteiger partial charge on any atom is 0.224 e. The Morgan fingerprint density at radius 1 is 1.25 bits per heavy atom. The van der Waals surface area contributed by atoms with Crippen LogP contribution in [0.3, 0.4) is 0 Å². The Labute approximate surface area is 142 Å². The molecule has 1 aliphatic rings. The number of nitriles is 1. The van der Waals surface area contributed by atoms with Crippen molar-refractivity contribution >= 4 is 17.3 Å². The molecule has 1 aliphatic heterocycles. The number of hydrogen-bond donors (Lipinski definition) is 1. The van der Waals surface area contributed by atoms with Crippen molar-refractivity contribution in [3.8, 4) is 6.07 Å². The Morgan fingerprint density at radius 3 is 2.58 bits per heavy atom. The highest BCUT2D eigenvalue weighted by atomic mass is 16.2. The van der Waals surface area contributed by atoms with Gasteiger partial charge in [-0.1, -0.05) is 18.2 Å². The summed E-state index contributed by atoms with van der Waals surface area (Å²) in [5, 5.41) is 12.5. The zero-order valence-corrected chi connectivity index (χ0v) is 14.2. The number of rotatable bonds is 2. The van der Waals surface area contributed by atoms with Crippen LogP contribution in [0.2, 0.25) is 0 Å². The second-order valence-corrected chi connectivity index (χ2v) is 6.37. The fraction of sp³-hybridized carbons (Fsp3) is 0.300.